The van der Waals surface area contributed by atoms with Crippen LogP contribution >= 0.6 is 0 Å². The zero-order valence-electron chi connectivity index (χ0n) is 16.2. The molecule has 0 aliphatic heterocycles. The summed E-state index contributed by atoms with van der Waals surface area (Å²) in [7, 11) is -1.72. The zero-order chi connectivity index (χ0) is 20.8. The lowest BCUT2D eigenvalue weighted by molar-refractivity contribution is -0.137. The highest BCUT2D eigenvalue weighted by molar-refractivity contribution is 7.89. The van der Waals surface area contributed by atoms with Crippen LogP contribution in [0.1, 0.15) is 36.7 Å². The van der Waals surface area contributed by atoms with Crippen LogP contribution in [0.15, 0.2) is 24.3 Å². The Bertz CT molecular complexity index is 794. The fourth-order valence-corrected chi connectivity index (χ4v) is 2.92. The van der Waals surface area contributed by atoms with Crippen molar-refractivity contribution in [3.63, 3.8) is 0 Å². The predicted molar refractivity (Wildman–Crippen MR) is 101 cm³/mol. The van der Waals surface area contributed by atoms with Crippen LogP contribution in [0.3, 0.4) is 0 Å². The van der Waals surface area contributed by atoms with Crippen LogP contribution in [0, 0.1) is 0 Å². The summed E-state index contributed by atoms with van der Waals surface area (Å²) >= 11 is 0. The fourth-order valence-electron chi connectivity index (χ4n) is 2.12. The minimum absolute atomic E-state index is 0.123. The summed E-state index contributed by atoms with van der Waals surface area (Å²) in [5.74, 6) is -1.66. The molecule has 0 radical (unpaired) electrons. The van der Waals surface area contributed by atoms with Crippen molar-refractivity contribution in [1.29, 1.82) is 0 Å². The Morgan fingerprint density at radius 1 is 1.11 bits per heavy atom. The number of nitrogens with one attached hydrogen (secondary N) is 1. The standard InChI is InChI=1S/C18H26N2O6S/c1-18(2,3)19-15(21)10-20(4)16(22)11-26-17(23)14-8-6-13(7-9-14)12-27(5,24)25/h6-9H,10-12H2,1-5H3,(H,19,21). The van der Waals surface area contributed by atoms with Crippen molar-refractivity contribution in [2.45, 2.75) is 32.1 Å². The molecular formula is C18H26N2O6S. The van der Waals surface area contributed by atoms with Crippen LogP contribution in [0.2, 0.25) is 0 Å². The SMILES string of the molecule is CN(CC(=O)NC(C)(C)C)C(=O)COC(=O)c1ccc(CS(C)(=O)=O)cc1. The summed E-state index contributed by atoms with van der Waals surface area (Å²) in [6.45, 7) is 4.85. The van der Waals surface area contributed by atoms with Crippen molar-refractivity contribution >= 4 is 27.6 Å². The maximum atomic E-state index is 12.0. The minimum Gasteiger partial charge on any atom is -0.452 e. The Morgan fingerprint density at radius 3 is 2.15 bits per heavy atom. The highest BCUT2D eigenvalue weighted by Gasteiger charge is 2.19. The largest absolute Gasteiger partial charge is 0.452 e. The van der Waals surface area contributed by atoms with Gasteiger partial charge in [-0.25, -0.2) is 13.2 Å². The molecule has 0 spiro atoms. The van der Waals surface area contributed by atoms with Gasteiger partial charge in [-0.3, -0.25) is 9.59 Å². The number of rotatable bonds is 7. The fraction of sp³-hybridized carbons (Fsp3) is 0.500. The van der Waals surface area contributed by atoms with Crippen molar-refractivity contribution in [3.8, 4) is 0 Å². The van der Waals surface area contributed by atoms with Gasteiger partial charge >= 0.3 is 5.97 Å². The zero-order valence-corrected chi connectivity index (χ0v) is 17.1. The third-order valence-electron chi connectivity index (χ3n) is 3.27. The molecule has 1 aromatic carbocycles. The summed E-state index contributed by atoms with van der Waals surface area (Å²) in [5, 5.41) is 2.73. The lowest BCUT2D eigenvalue weighted by atomic mass is 10.1. The smallest absolute Gasteiger partial charge is 0.338 e. The Kier molecular flexibility index (Phi) is 7.53. The van der Waals surface area contributed by atoms with Crippen LogP contribution in [-0.2, 0) is 29.9 Å². The Hall–Kier alpha value is -2.42. The van der Waals surface area contributed by atoms with Crippen molar-refractivity contribution in [2.75, 3.05) is 26.5 Å². The molecule has 9 heteroatoms. The van der Waals surface area contributed by atoms with Crippen LogP contribution in [0.25, 0.3) is 0 Å². The summed E-state index contributed by atoms with van der Waals surface area (Å²) in [6.07, 6.45) is 1.12. The second kappa shape index (κ2) is 8.98. The molecule has 0 heterocycles. The number of carbonyl (C=O) groups is 3. The molecule has 2 amide bonds. The Morgan fingerprint density at radius 2 is 1.67 bits per heavy atom. The van der Waals surface area contributed by atoms with E-state index in [2.05, 4.69) is 5.32 Å². The minimum atomic E-state index is -3.16. The molecule has 1 aromatic rings. The number of hydrogen-bond donors (Lipinski definition) is 1. The van der Waals surface area contributed by atoms with E-state index in [1.165, 1.54) is 36.2 Å². The molecule has 0 aromatic heterocycles. The molecule has 0 aliphatic carbocycles. The van der Waals surface area contributed by atoms with Crippen LogP contribution in [0.5, 0.6) is 0 Å². The highest BCUT2D eigenvalue weighted by atomic mass is 32.2. The molecule has 0 fully saturated rings. The summed E-state index contributed by atoms with van der Waals surface area (Å²) in [5.41, 5.74) is 0.347. The van der Waals surface area contributed by atoms with E-state index < -0.39 is 33.9 Å². The van der Waals surface area contributed by atoms with Gasteiger partial charge in [-0.2, -0.15) is 0 Å². The van der Waals surface area contributed by atoms with Gasteiger partial charge in [0.15, 0.2) is 16.4 Å². The lowest BCUT2D eigenvalue weighted by Crippen LogP contribution is -2.46. The number of hydrogen-bond acceptors (Lipinski definition) is 6. The maximum absolute atomic E-state index is 12.0. The van der Waals surface area contributed by atoms with Crippen molar-refractivity contribution in [1.82, 2.24) is 10.2 Å². The second-order valence-electron chi connectivity index (χ2n) is 7.39. The first kappa shape index (κ1) is 22.6. The van der Waals surface area contributed by atoms with E-state index in [0.29, 0.717) is 5.56 Å². The number of ether oxygens (including phenoxy) is 1. The molecule has 1 rings (SSSR count). The van der Waals surface area contributed by atoms with Crippen LogP contribution in [-0.4, -0.2) is 63.1 Å². The van der Waals surface area contributed by atoms with Gasteiger partial charge < -0.3 is 15.0 Å². The third kappa shape index (κ3) is 9.18. The monoisotopic (exact) mass is 398 g/mol. The van der Waals surface area contributed by atoms with Gasteiger partial charge in [0.05, 0.1) is 17.9 Å². The maximum Gasteiger partial charge on any atom is 0.338 e. The van der Waals surface area contributed by atoms with Crippen LogP contribution in [0.4, 0.5) is 0 Å². The third-order valence-corrected chi connectivity index (χ3v) is 4.12. The first-order chi connectivity index (χ1) is 12.3. The number of carbonyl (C=O) groups excluding carboxylic acids is 3. The van der Waals surface area contributed by atoms with Gasteiger partial charge in [0.1, 0.15) is 0 Å². The predicted octanol–water partition coefficient (Wildman–Crippen LogP) is 0.761. The molecule has 0 bridgehead atoms. The summed E-state index contributed by atoms with van der Waals surface area (Å²) in [6, 6.07) is 5.91. The Labute approximate surface area is 159 Å². The molecule has 0 unspecified atom stereocenters. The van der Waals surface area contributed by atoms with E-state index in [4.69, 9.17) is 4.74 Å². The lowest BCUT2D eigenvalue weighted by Gasteiger charge is -2.23. The Balaban J connectivity index is 2.53. The highest BCUT2D eigenvalue weighted by Crippen LogP contribution is 2.09. The number of nitrogens with zero attached hydrogens (tertiary/aromatic N) is 1. The number of likely N-dealkylation sites (N-methyl/N-ethyl adjacent to an activating group) is 1. The normalized spacial score (nSPS) is 11.6. The van der Waals surface area contributed by atoms with E-state index in [9.17, 15) is 22.8 Å². The van der Waals surface area contributed by atoms with E-state index in [-0.39, 0.29) is 23.8 Å². The molecule has 0 atom stereocenters. The average Bonchev–Trinajstić information content (AvgIpc) is 2.49. The van der Waals surface area contributed by atoms with Gasteiger partial charge in [-0.1, -0.05) is 12.1 Å². The van der Waals surface area contributed by atoms with E-state index in [0.717, 1.165) is 6.26 Å². The van der Waals surface area contributed by atoms with Gasteiger partial charge in [-0.05, 0) is 38.5 Å². The number of benzene rings is 1. The van der Waals surface area contributed by atoms with E-state index >= 15 is 0 Å². The van der Waals surface area contributed by atoms with E-state index in [1.807, 2.05) is 20.8 Å². The quantitative estimate of drug-likeness (QED) is 0.679. The number of esters is 1. The summed E-state index contributed by atoms with van der Waals surface area (Å²) in [4.78, 5) is 37.0. The first-order valence-electron chi connectivity index (χ1n) is 8.25. The van der Waals surface area contributed by atoms with Gasteiger partial charge in [0, 0.05) is 18.8 Å². The summed E-state index contributed by atoms with van der Waals surface area (Å²) < 4.78 is 27.5. The van der Waals surface area contributed by atoms with Crippen molar-refractivity contribution in [3.05, 3.63) is 35.4 Å². The van der Waals surface area contributed by atoms with Crippen molar-refractivity contribution in [2.24, 2.45) is 0 Å². The molecular weight excluding hydrogens is 372 g/mol. The van der Waals surface area contributed by atoms with Crippen LogP contribution < -0.4 is 5.32 Å². The molecule has 27 heavy (non-hydrogen) atoms. The molecule has 0 saturated heterocycles. The molecule has 8 nitrogen and oxygen atoms in total. The van der Waals surface area contributed by atoms with Gasteiger partial charge in [0.2, 0.25) is 5.91 Å². The van der Waals surface area contributed by atoms with Crippen molar-refractivity contribution < 1.29 is 27.5 Å². The van der Waals surface area contributed by atoms with Gasteiger partial charge in [0.25, 0.3) is 5.91 Å². The van der Waals surface area contributed by atoms with E-state index in [1.54, 1.807) is 0 Å². The number of sulfone groups is 1. The molecule has 1 N–H and O–H groups in total. The first-order valence-corrected chi connectivity index (χ1v) is 10.3. The molecule has 0 aliphatic rings. The average molecular weight is 398 g/mol. The topological polar surface area (TPSA) is 110 Å². The second-order valence-corrected chi connectivity index (χ2v) is 9.53. The molecule has 150 valence electrons. The molecule has 0 saturated carbocycles. The number of amides is 2. The van der Waals surface area contributed by atoms with Gasteiger partial charge in [-0.15, -0.1) is 0 Å².